The summed E-state index contributed by atoms with van der Waals surface area (Å²) in [4.78, 5) is 14.4. The number of carbonyl (C=O) groups is 1. The van der Waals surface area contributed by atoms with Crippen molar-refractivity contribution in [2.24, 2.45) is 0 Å². The van der Waals surface area contributed by atoms with E-state index in [4.69, 9.17) is 0 Å². The molecular formula is C14H19NO. The first-order valence-corrected chi connectivity index (χ1v) is 6.07. The maximum Gasteiger partial charge on any atom is 0.254 e. The molecule has 1 amide bonds. The Bertz CT molecular complexity index is 386. The standard InChI is InChI=1S/C14H19NO/c1-11-7-3-4-9-13(11)14(16)15-10-6-5-8-12(15)2/h3-4,7,9,12H,5-6,8,10H2,1-2H3/t12-/m0/s1. The van der Waals surface area contributed by atoms with E-state index in [0.29, 0.717) is 6.04 Å². The van der Waals surface area contributed by atoms with Crippen LogP contribution in [0, 0.1) is 6.92 Å². The fourth-order valence-corrected chi connectivity index (χ4v) is 2.37. The predicted octanol–water partition coefficient (Wildman–Crippen LogP) is 3.01. The molecule has 0 spiro atoms. The minimum atomic E-state index is 0.199. The highest BCUT2D eigenvalue weighted by molar-refractivity contribution is 5.95. The number of rotatable bonds is 1. The molecule has 1 aliphatic heterocycles. The Balaban J connectivity index is 2.21. The summed E-state index contributed by atoms with van der Waals surface area (Å²) in [6, 6.07) is 8.24. The van der Waals surface area contributed by atoms with Gasteiger partial charge in [-0.25, -0.2) is 0 Å². The van der Waals surface area contributed by atoms with Crippen LogP contribution in [0.15, 0.2) is 24.3 Å². The highest BCUT2D eigenvalue weighted by Gasteiger charge is 2.24. The number of nitrogens with zero attached hydrogens (tertiary/aromatic N) is 1. The molecule has 0 unspecified atom stereocenters. The Hall–Kier alpha value is -1.31. The van der Waals surface area contributed by atoms with Crippen LogP contribution in [-0.2, 0) is 0 Å². The topological polar surface area (TPSA) is 20.3 Å². The van der Waals surface area contributed by atoms with Crippen molar-refractivity contribution in [1.82, 2.24) is 4.90 Å². The van der Waals surface area contributed by atoms with Gasteiger partial charge in [0.2, 0.25) is 0 Å². The number of aryl methyl sites for hydroxylation is 1. The summed E-state index contributed by atoms with van der Waals surface area (Å²) >= 11 is 0. The fourth-order valence-electron chi connectivity index (χ4n) is 2.37. The number of hydrogen-bond acceptors (Lipinski definition) is 1. The van der Waals surface area contributed by atoms with E-state index in [1.165, 1.54) is 6.42 Å². The lowest BCUT2D eigenvalue weighted by atomic mass is 10.0. The molecule has 2 heteroatoms. The minimum Gasteiger partial charge on any atom is -0.336 e. The zero-order chi connectivity index (χ0) is 11.5. The largest absolute Gasteiger partial charge is 0.336 e. The van der Waals surface area contributed by atoms with Crippen LogP contribution in [0.3, 0.4) is 0 Å². The second kappa shape index (κ2) is 4.69. The van der Waals surface area contributed by atoms with Crippen molar-refractivity contribution in [2.75, 3.05) is 6.54 Å². The number of piperidine rings is 1. The van der Waals surface area contributed by atoms with E-state index in [1.54, 1.807) is 0 Å². The summed E-state index contributed by atoms with van der Waals surface area (Å²) in [6.07, 6.45) is 3.53. The van der Waals surface area contributed by atoms with Gasteiger partial charge in [0.1, 0.15) is 0 Å². The lowest BCUT2D eigenvalue weighted by Crippen LogP contribution is -2.42. The van der Waals surface area contributed by atoms with E-state index < -0.39 is 0 Å². The van der Waals surface area contributed by atoms with Gasteiger partial charge in [-0.2, -0.15) is 0 Å². The van der Waals surface area contributed by atoms with E-state index >= 15 is 0 Å². The second-order valence-electron chi connectivity index (χ2n) is 4.66. The number of benzene rings is 1. The smallest absolute Gasteiger partial charge is 0.254 e. The van der Waals surface area contributed by atoms with Gasteiger partial charge in [0.15, 0.2) is 0 Å². The molecule has 86 valence electrons. The van der Waals surface area contributed by atoms with E-state index in [9.17, 15) is 4.79 Å². The molecule has 1 saturated heterocycles. The molecule has 16 heavy (non-hydrogen) atoms. The molecule has 0 aromatic heterocycles. The van der Waals surface area contributed by atoms with Crippen LogP contribution >= 0.6 is 0 Å². The third kappa shape index (κ3) is 2.11. The average molecular weight is 217 g/mol. The molecule has 0 N–H and O–H groups in total. The van der Waals surface area contributed by atoms with E-state index in [0.717, 1.165) is 30.5 Å². The second-order valence-corrected chi connectivity index (χ2v) is 4.66. The lowest BCUT2D eigenvalue weighted by Gasteiger charge is -2.33. The fraction of sp³-hybridized carbons (Fsp3) is 0.500. The molecule has 2 nitrogen and oxygen atoms in total. The van der Waals surface area contributed by atoms with Crippen molar-refractivity contribution in [3.05, 3.63) is 35.4 Å². The molecule has 1 atom stereocenters. The van der Waals surface area contributed by atoms with Crippen molar-refractivity contribution in [3.8, 4) is 0 Å². The monoisotopic (exact) mass is 217 g/mol. The summed E-state index contributed by atoms with van der Waals surface area (Å²) in [5.41, 5.74) is 1.93. The third-order valence-electron chi connectivity index (χ3n) is 3.44. The van der Waals surface area contributed by atoms with Crippen molar-refractivity contribution in [3.63, 3.8) is 0 Å². The van der Waals surface area contributed by atoms with Gasteiger partial charge in [-0.05, 0) is 44.7 Å². The van der Waals surface area contributed by atoms with Crippen LogP contribution in [0.25, 0.3) is 0 Å². The molecule has 0 bridgehead atoms. The summed E-state index contributed by atoms with van der Waals surface area (Å²) in [5, 5.41) is 0. The maximum atomic E-state index is 12.4. The van der Waals surface area contributed by atoms with Crippen molar-refractivity contribution >= 4 is 5.91 Å². The molecule has 1 heterocycles. The van der Waals surface area contributed by atoms with Crippen LogP contribution in [0.1, 0.15) is 42.1 Å². The minimum absolute atomic E-state index is 0.199. The molecule has 2 rings (SSSR count). The summed E-state index contributed by atoms with van der Waals surface area (Å²) in [6.45, 7) is 5.06. The van der Waals surface area contributed by atoms with Crippen LogP contribution < -0.4 is 0 Å². The Morgan fingerprint density at radius 3 is 2.75 bits per heavy atom. The molecule has 1 fully saturated rings. The highest BCUT2D eigenvalue weighted by atomic mass is 16.2. The summed E-state index contributed by atoms with van der Waals surface area (Å²) in [7, 11) is 0. The van der Waals surface area contributed by atoms with Crippen molar-refractivity contribution < 1.29 is 4.79 Å². The van der Waals surface area contributed by atoms with Gasteiger partial charge in [-0.3, -0.25) is 4.79 Å². The average Bonchev–Trinajstić information content (AvgIpc) is 2.29. The Labute approximate surface area is 97.3 Å². The molecule has 1 aliphatic rings. The van der Waals surface area contributed by atoms with Gasteiger partial charge >= 0.3 is 0 Å². The lowest BCUT2D eigenvalue weighted by molar-refractivity contribution is 0.0635. The zero-order valence-electron chi connectivity index (χ0n) is 10.1. The first-order valence-electron chi connectivity index (χ1n) is 6.07. The van der Waals surface area contributed by atoms with Crippen LogP contribution in [0.5, 0.6) is 0 Å². The molecule has 0 aliphatic carbocycles. The van der Waals surface area contributed by atoms with Crippen LogP contribution in [0.2, 0.25) is 0 Å². The van der Waals surface area contributed by atoms with E-state index in [2.05, 4.69) is 6.92 Å². The van der Waals surface area contributed by atoms with Gasteiger partial charge in [-0.15, -0.1) is 0 Å². The van der Waals surface area contributed by atoms with E-state index in [-0.39, 0.29) is 5.91 Å². The maximum absolute atomic E-state index is 12.4. The number of carbonyl (C=O) groups excluding carboxylic acids is 1. The molecule has 0 radical (unpaired) electrons. The zero-order valence-corrected chi connectivity index (χ0v) is 10.1. The quantitative estimate of drug-likeness (QED) is 0.708. The number of likely N-dealkylation sites (tertiary alicyclic amines) is 1. The molecule has 0 saturated carbocycles. The van der Waals surface area contributed by atoms with Gasteiger partial charge < -0.3 is 4.90 Å². The van der Waals surface area contributed by atoms with Crippen LogP contribution in [-0.4, -0.2) is 23.4 Å². The summed E-state index contributed by atoms with van der Waals surface area (Å²) in [5.74, 6) is 0.199. The molecule has 1 aromatic carbocycles. The molecule has 1 aromatic rings. The Morgan fingerprint density at radius 2 is 2.06 bits per heavy atom. The summed E-state index contributed by atoms with van der Waals surface area (Å²) < 4.78 is 0. The Kier molecular flexibility index (Phi) is 3.28. The third-order valence-corrected chi connectivity index (χ3v) is 3.44. The first kappa shape index (κ1) is 11.2. The first-order chi connectivity index (χ1) is 7.70. The number of amides is 1. The van der Waals surface area contributed by atoms with Crippen molar-refractivity contribution in [1.29, 1.82) is 0 Å². The van der Waals surface area contributed by atoms with Gasteiger partial charge in [0.05, 0.1) is 0 Å². The molecular weight excluding hydrogens is 198 g/mol. The predicted molar refractivity (Wildman–Crippen MR) is 65.5 cm³/mol. The Morgan fingerprint density at radius 1 is 1.31 bits per heavy atom. The van der Waals surface area contributed by atoms with Gasteiger partial charge in [-0.1, -0.05) is 18.2 Å². The van der Waals surface area contributed by atoms with E-state index in [1.807, 2.05) is 36.1 Å². The van der Waals surface area contributed by atoms with Gasteiger partial charge in [0, 0.05) is 18.2 Å². The SMILES string of the molecule is Cc1ccccc1C(=O)N1CCCC[C@@H]1C. The van der Waals surface area contributed by atoms with Crippen LogP contribution in [0.4, 0.5) is 0 Å². The van der Waals surface area contributed by atoms with Crippen molar-refractivity contribution in [2.45, 2.75) is 39.2 Å². The highest BCUT2D eigenvalue weighted by Crippen LogP contribution is 2.20. The number of hydrogen-bond donors (Lipinski definition) is 0. The normalized spacial score (nSPS) is 20.9. The van der Waals surface area contributed by atoms with Gasteiger partial charge in [0.25, 0.3) is 5.91 Å².